The van der Waals surface area contributed by atoms with E-state index >= 15 is 0 Å². The Kier molecular flexibility index (Phi) is 3.65. The molecular weight excluding hydrogens is 74.0 g/mol. The fourth-order valence-corrected chi connectivity index (χ4v) is 0.0264. The van der Waals surface area contributed by atoms with Crippen LogP contribution in [0.4, 0.5) is 0 Å². The molecule has 0 saturated carbocycles. The van der Waals surface area contributed by atoms with E-state index in [0.29, 0.717) is 0 Å². The standard InChI is InChI=1S/H5N3O2/c1-2-3-5-4/h2-4H,1H2. The van der Waals surface area contributed by atoms with Crippen molar-refractivity contribution >= 4 is 0 Å². The Morgan fingerprint density at radius 2 is 2.40 bits per heavy atom. The first-order chi connectivity index (χ1) is 2.41. The Hall–Kier alpha value is -0.200. The van der Waals surface area contributed by atoms with Crippen LogP contribution in [0, 0.1) is 0 Å². The summed E-state index contributed by atoms with van der Waals surface area (Å²) in [4.78, 5) is 3.20. The second kappa shape index (κ2) is 3.80. The molecule has 32 valence electrons. The van der Waals surface area contributed by atoms with E-state index in [2.05, 4.69) is 10.8 Å². The Labute approximate surface area is 28.5 Å². The molecule has 0 fully saturated rings. The van der Waals surface area contributed by atoms with Crippen LogP contribution in [0.15, 0.2) is 0 Å². The van der Waals surface area contributed by atoms with Gasteiger partial charge in [-0.1, -0.05) is 5.59 Å². The van der Waals surface area contributed by atoms with Gasteiger partial charge in [0.25, 0.3) is 0 Å². The van der Waals surface area contributed by atoms with Gasteiger partial charge in [-0.25, -0.2) is 5.26 Å². The summed E-state index contributed by atoms with van der Waals surface area (Å²) in [5.74, 6) is 4.49. The zero-order valence-corrected chi connectivity index (χ0v) is 2.43. The summed E-state index contributed by atoms with van der Waals surface area (Å²) >= 11 is 0. The fourth-order valence-electron chi connectivity index (χ4n) is 0.0264. The van der Waals surface area contributed by atoms with Crippen molar-refractivity contribution in [1.29, 1.82) is 0 Å². The van der Waals surface area contributed by atoms with Crippen LogP contribution in [0.1, 0.15) is 0 Å². The highest BCUT2D eigenvalue weighted by molar-refractivity contribution is 3.74. The summed E-state index contributed by atoms with van der Waals surface area (Å²) in [6, 6.07) is 0. The van der Waals surface area contributed by atoms with E-state index in [1.54, 1.807) is 11.1 Å². The maximum atomic E-state index is 7.31. The first-order valence-electron chi connectivity index (χ1n) is 0.925. The lowest BCUT2D eigenvalue weighted by molar-refractivity contribution is -0.303. The molecule has 0 aliphatic carbocycles. The van der Waals surface area contributed by atoms with Gasteiger partial charge in [0, 0.05) is 0 Å². The lowest BCUT2D eigenvalue weighted by atomic mass is 12.5. The first-order valence-corrected chi connectivity index (χ1v) is 0.925. The third-order valence-electron chi connectivity index (χ3n) is 0.105. The average Bonchev–Trinajstić information content (AvgIpc) is 1.41. The Morgan fingerprint density at radius 3 is 2.40 bits per heavy atom. The lowest BCUT2D eigenvalue weighted by Gasteiger charge is -1.88. The molecule has 0 aromatic rings. The lowest BCUT2D eigenvalue weighted by Crippen LogP contribution is -2.36. The van der Waals surface area contributed by atoms with E-state index in [9.17, 15) is 0 Å². The van der Waals surface area contributed by atoms with E-state index in [0.717, 1.165) is 0 Å². The van der Waals surface area contributed by atoms with Crippen molar-refractivity contribution in [2.24, 2.45) is 5.84 Å². The molecule has 5 heteroatoms. The third kappa shape index (κ3) is 3.80. The molecule has 0 atom stereocenters. The molecule has 0 aliphatic heterocycles. The molecular formula is H5N3O2. The minimum atomic E-state index is 1.69. The first kappa shape index (κ1) is 4.80. The summed E-state index contributed by atoms with van der Waals surface area (Å²) in [5, 5.41) is 7.31. The SMILES string of the molecule is NNNOO. The van der Waals surface area contributed by atoms with Crippen LogP contribution >= 0.6 is 0 Å². The van der Waals surface area contributed by atoms with Crippen molar-refractivity contribution in [3.8, 4) is 0 Å². The van der Waals surface area contributed by atoms with Crippen molar-refractivity contribution < 1.29 is 10.2 Å². The van der Waals surface area contributed by atoms with Crippen molar-refractivity contribution in [2.45, 2.75) is 0 Å². The predicted molar refractivity (Wildman–Crippen MR) is 14.2 cm³/mol. The number of rotatable bonds is 2. The smallest absolute Gasteiger partial charge is 0.0903 e. The Morgan fingerprint density at radius 1 is 1.80 bits per heavy atom. The van der Waals surface area contributed by atoms with Crippen LogP contribution in [-0.2, 0) is 4.99 Å². The van der Waals surface area contributed by atoms with Crippen molar-refractivity contribution in [3.63, 3.8) is 0 Å². The maximum absolute atomic E-state index is 7.31. The quantitative estimate of drug-likeness (QED) is 0.181. The number of nitrogens with one attached hydrogen (secondary N) is 2. The van der Waals surface area contributed by atoms with Crippen LogP contribution in [-0.4, -0.2) is 5.26 Å². The highest BCUT2D eigenvalue weighted by Crippen LogP contribution is 1.30. The van der Waals surface area contributed by atoms with Gasteiger partial charge in [0.1, 0.15) is 0 Å². The van der Waals surface area contributed by atoms with Gasteiger partial charge in [-0.15, -0.1) is 4.99 Å². The monoisotopic (exact) mass is 79.0 g/mol. The van der Waals surface area contributed by atoms with Gasteiger partial charge in [-0.3, -0.25) is 5.84 Å². The van der Waals surface area contributed by atoms with Gasteiger partial charge in [-0.2, -0.15) is 5.53 Å². The zero-order valence-electron chi connectivity index (χ0n) is 2.43. The van der Waals surface area contributed by atoms with Crippen molar-refractivity contribution in [2.75, 3.05) is 0 Å². The number of hydrogen-bond acceptors (Lipinski definition) is 5. The van der Waals surface area contributed by atoms with E-state index in [-0.39, 0.29) is 0 Å². The van der Waals surface area contributed by atoms with Gasteiger partial charge < -0.3 is 0 Å². The molecule has 0 heterocycles. The summed E-state index contributed by atoms with van der Waals surface area (Å²) < 4.78 is 0. The molecule has 0 aliphatic rings. The Bertz CT molecular complexity index is 12.4. The van der Waals surface area contributed by atoms with Crippen molar-refractivity contribution in [3.05, 3.63) is 0 Å². The van der Waals surface area contributed by atoms with Crippen LogP contribution < -0.4 is 17.0 Å². The molecule has 0 bridgehead atoms. The van der Waals surface area contributed by atoms with Gasteiger partial charge in [-0.05, 0) is 0 Å². The van der Waals surface area contributed by atoms with E-state index in [1.165, 1.54) is 0 Å². The van der Waals surface area contributed by atoms with Gasteiger partial charge >= 0.3 is 0 Å². The maximum Gasteiger partial charge on any atom is -0.0903 e. The minimum Gasteiger partial charge on any atom is -0.256 e. The topological polar surface area (TPSA) is 79.5 Å². The summed E-state index contributed by atoms with van der Waals surface area (Å²) in [5.41, 5.74) is 3.49. The van der Waals surface area contributed by atoms with Crippen LogP contribution in [0.5, 0.6) is 0 Å². The molecule has 0 saturated heterocycles. The van der Waals surface area contributed by atoms with Gasteiger partial charge in [0.15, 0.2) is 0 Å². The Balaban J connectivity index is 2.19. The molecule has 0 unspecified atom stereocenters. The van der Waals surface area contributed by atoms with Crippen LogP contribution in [0.2, 0.25) is 0 Å². The number of hydrogen-bond donors (Lipinski definition) is 4. The summed E-state index contributed by atoms with van der Waals surface area (Å²) in [7, 11) is 0. The van der Waals surface area contributed by atoms with Crippen LogP contribution in [0.25, 0.3) is 0 Å². The number of hydrazine groups is 2. The highest BCUT2D eigenvalue weighted by atomic mass is 17.2. The normalized spacial score (nSPS) is 8.40. The molecule has 0 rings (SSSR count). The highest BCUT2D eigenvalue weighted by Gasteiger charge is 1.59. The predicted octanol–water partition coefficient (Wildman–Crippen LogP) is -1.64. The molecule has 0 radical (unpaired) electrons. The second-order valence-electron chi connectivity index (χ2n) is 0.338. The van der Waals surface area contributed by atoms with Gasteiger partial charge in [0.05, 0.1) is 0 Å². The average molecular weight is 79.1 g/mol. The second-order valence-corrected chi connectivity index (χ2v) is 0.338. The summed E-state index contributed by atoms with van der Waals surface area (Å²) in [6.07, 6.45) is 0. The molecule has 5 nitrogen and oxygen atoms in total. The fraction of sp³-hybridized carbons (Fsp3) is 0. The molecule has 0 aromatic carbocycles. The largest absolute Gasteiger partial charge is 0.256 e. The van der Waals surface area contributed by atoms with Crippen LogP contribution in [0.3, 0.4) is 0 Å². The zero-order chi connectivity index (χ0) is 4.12. The van der Waals surface area contributed by atoms with E-state index in [1.807, 2.05) is 0 Å². The van der Waals surface area contributed by atoms with Gasteiger partial charge in [0.2, 0.25) is 0 Å². The van der Waals surface area contributed by atoms with E-state index in [4.69, 9.17) is 5.26 Å². The number of nitrogens with two attached hydrogens (primary N) is 1. The molecule has 0 amide bonds. The third-order valence-corrected chi connectivity index (χ3v) is 0.105. The molecule has 0 spiro atoms. The molecule has 5 N–H and O–H groups in total. The summed E-state index contributed by atoms with van der Waals surface area (Å²) in [6.45, 7) is 0. The minimum absolute atomic E-state index is 1.69. The van der Waals surface area contributed by atoms with E-state index < -0.39 is 0 Å². The molecule has 0 aromatic heterocycles. The molecule has 5 heavy (non-hydrogen) atoms. The van der Waals surface area contributed by atoms with Crippen molar-refractivity contribution in [1.82, 2.24) is 11.1 Å².